The van der Waals surface area contributed by atoms with Crippen molar-refractivity contribution in [3.05, 3.63) is 5.89 Å². The van der Waals surface area contributed by atoms with Crippen LogP contribution in [0.5, 0.6) is 0 Å². The van der Waals surface area contributed by atoms with Crippen molar-refractivity contribution in [2.24, 2.45) is 0 Å². The molecule has 0 bridgehead atoms. The average molecular weight is 240 g/mol. The van der Waals surface area contributed by atoms with Crippen LogP contribution in [-0.4, -0.2) is 29.8 Å². The molecule has 0 aromatic carbocycles. The van der Waals surface area contributed by atoms with Crippen LogP contribution in [0.3, 0.4) is 0 Å². The summed E-state index contributed by atoms with van der Waals surface area (Å²) in [7, 11) is 2.00. The van der Waals surface area contributed by atoms with E-state index in [1.807, 2.05) is 18.9 Å². The van der Waals surface area contributed by atoms with Gasteiger partial charge in [-0.05, 0) is 26.8 Å². The molecule has 0 aliphatic heterocycles. The average Bonchev–Trinajstić information content (AvgIpc) is 2.78. The molecule has 0 fully saturated rings. The van der Waals surface area contributed by atoms with Crippen molar-refractivity contribution in [3.63, 3.8) is 0 Å². The molecule has 1 rings (SSSR count). The largest absolute Gasteiger partial charge is 0.406 e. The highest BCUT2D eigenvalue weighted by molar-refractivity contribution is 5.24. The molecule has 1 N–H and O–H groups in total. The number of anilines is 1. The smallest absolute Gasteiger partial charge is 0.318 e. The molecule has 1 heterocycles. The highest BCUT2D eigenvalue weighted by atomic mass is 16.4. The second-order valence-corrected chi connectivity index (χ2v) is 4.45. The second-order valence-electron chi connectivity index (χ2n) is 4.45. The van der Waals surface area contributed by atoms with Gasteiger partial charge in [0, 0.05) is 13.1 Å². The van der Waals surface area contributed by atoms with Crippen LogP contribution in [0, 0.1) is 0 Å². The van der Waals surface area contributed by atoms with Crippen molar-refractivity contribution in [3.8, 4) is 0 Å². The van der Waals surface area contributed by atoms with E-state index in [9.17, 15) is 0 Å². The third-order valence-corrected chi connectivity index (χ3v) is 2.98. The van der Waals surface area contributed by atoms with Crippen LogP contribution in [-0.2, 0) is 0 Å². The molecular formula is C12H24N4O. The van der Waals surface area contributed by atoms with Gasteiger partial charge in [0.2, 0.25) is 5.89 Å². The van der Waals surface area contributed by atoms with Crippen LogP contribution in [0.15, 0.2) is 4.42 Å². The van der Waals surface area contributed by atoms with E-state index in [0.717, 1.165) is 19.4 Å². The van der Waals surface area contributed by atoms with E-state index in [4.69, 9.17) is 4.42 Å². The Balaban J connectivity index is 2.66. The number of nitrogens with zero attached hydrogens (tertiary/aromatic N) is 3. The lowest BCUT2D eigenvalue weighted by Gasteiger charge is -2.21. The maximum atomic E-state index is 5.67. The van der Waals surface area contributed by atoms with E-state index in [-0.39, 0.29) is 6.04 Å². The van der Waals surface area contributed by atoms with Gasteiger partial charge in [0.1, 0.15) is 0 Å². The Morgan fingerprint density at radius 1 is 1.29 bits per heavy atom. The third-order valence-electron chi connectivity index (χ3n) is 2.98. The Kier molecular flexibility index (Phi) is 5.41. The molecule has 2 unspecified atom stereocenters. The van der Waals surface area contributed by atoms with Gasteiger partial charge in [-0.25, -0.2) is 0 Å². The highest BCUT2D eigenvalue weighted by Crippen LogP contribution is 2.19. The molecule has 0 aliphatic carbocycles. The standard InChI is InChI=1S/C12H24N4O/c1-6-8-9(3)16(5)12-15-14-11(17-12)10(4)13-7-2/h9-10,13H,6-8H2,1-5H3. The normalized spacial score (nSPS) is 14.6. The lowest BCUT2D eigenvalue weighted by Crippen LogP contribution is -2.28. The van der Waals surface area contributed by atoms with Crippen molar-refractivity contribution >= 4 is 6.01 Å². The molecule has 0 amide bonds. The van der Waals surface area contributed by atoms with Gasteiger partial charge < -0.3 is 14.6 Å². The SMILES string of the molecule is CCCC(C)N(C)c1nnc(C(C)NCC)o1. The minimum Gasteiger partial charge on any atom is -0.406 e. The molecule has 2 atom stereocenters. The van der Waals surface area contributed by atoms with Crippen LogP contribution < -0.4 is 10.2 Å². The molecule has 0 saturated heterocycles. The molecule has 0 spiro atoms. The lowest BCUT2D eigenvalue weighted by molar-refractivity contribution is 0.414. The summed E-state index contributed by atoms with van der Waals surface area (Å²) in [5.74, 6) is 0.650. The minimum absolute atomic E-state index is 0.108. The van der Waals surface area contributed by atoms with Crippen LogP contribution >= 0.6 is 0 Å². The molecule has 0 aliphatic rings. The topological polar surface area (TPSA) is 54.2 Å². The fourth-order valence-electron chi connectivity index (χ4n) is 1.74. The number of hydrogen-bond acceptors (Lipinski definition) is 5. The monoisotopic (exact) mass is 240 g/mol. The van der Waals surface area contributed by atoms with Crippen molar-refractivity contribution in [2.75, 3.05) is 18.5 Å². The zero-order chi connectivity index (χ0) is 12.8. The van der Waals surface area contributed by atoms with Gasteiger partial charge in [0.25, 0.3) is 0 Å². The van der Waals surface area contributed by atoms with Crippen LogP contribution in [0.25, 0.3) is 0 Å². The van der Waals surface area contributed by atoms with Crippen LogP contribution in [0.1, 0.15) is 52.5 Å². The first-order chi connectivity index (χ1) is 8.10. The summed E-state index contributed by atoms with van der Waals surface area (Å²) in [6.45, 7) is 9.32. The maximum Gasteiger partial charge on any atom is 0.318 e. The number of nitrogens with one attached hydrogen (secondary N) is 1. The van der Waals surface area contributed by atoms with Crippen molar-refractivity contribution in [2.45, 2.75) is 52.6 Å². The third kappa shape index (κ3) is 3.70. The fraction of sp³-hybridized carbons (Fsp3) is 0.833. The first-order valence-electron chi connectivity index (χ1n) is 6.39. The fourth-order valence-corrected chi connectivity index (χ4v) is 1.74. The van der Waals surface area contributed by atoms with E-state index >= 15 is 0 Å². The Hall–Kier alpha value is -1.10. The first-order valence-corrected chi connectivity index (χ1v) is 6.39. The minimum atomic E-state index is 0.108. The molecule has 0 radical (unpaired) electrons. The summed E-state index contributed by atoms with van der Waals surface area (Å²) in [5, 5.41) is 11.4. The number of hydrogen-bond donors (Lipinski definition) is 1. The second kappa shape index (κ2) is 6.59. The van der Waals surface area contributed by atoms with Gasteiger partial charge >= 0.3 is 6.01 Å². The molecule has 1 aromatic rings. The summed E-state index contributed by atoms with van der Waals surface area (Å²) in [5.41, 5.74) is 0. The van der Waals surface area contributed by atoms with E-state index in [0.29, 0.717) is 17.9 Å². The molecular weight excluding hydrogens is 216 g/mol. The van der Waals surface area contributed by atoms with E-state index in [2.05, 4.69) is 36.3 Å². The molecule has 98 valence electrons. The van der Waals surface area contributed by atoms with Gasteiger partial charge in [0.05, 0.1) is 6.04 Å². The molecule has 0 saturated carbocycles. The summed E-state index contributed by atoms with van der Waals surface area (Å²) in [6.07, 6.45) is 2.28. The summed E-state index contributed by atoms with van der Waals surface area (Å²) < 4.78 is 5.67. The van der Waals surface area contributed by atoms with Gasteiger partial charge in [-0.3, -0.25) is 0 Å². The zero-order valence-electron chi connectivity index (χ0n) is 11.5. The van der Waals surface area contributed by atoms with Crippen LogP contribution in [0.4, 0.5) is 6.01 Å². The predicted molar refractivity (Wildman–Crippen MR) is 69.2 cm³/mol. The van der Waals surface area contributed by atoms with Gasteiger partial charge in [0.15, 0.2) is 0 Å². The highest BCUT2D eigenvalue weighted by Gasteiger charge is 2.18. The predicted octanol–water partition coefficient (Wildman–Crippen LogP) is 2.36. The van der Waals surface area contributed by atoms with Gasteiger partial charge in [-0.1, -0.05) is 25.4 Å². The summed E-state index contributed by atoms with van der Waals surface area (Å²) in [4.78, 5) is 2.04. The maximum absolute atomic E-state index is 5.67. The Morgan fingerprint density at radius 3 is 2.59 bits per heavy atom. The number of aromatic nitrogens is 2. The van der Waals surface area contributed by atoms with Crippen LogP contribution in [0.2, 0.25) is 0 Å². The quantitative estimate of drug-likeness (QED) is 0.793. The Morgan fingerprint density at radius 2 is 2.00 bits per heavy atom. The Bertz CT molecular complexity index is 326. The molecule has 5 nitrogen and oxygen atoms in total. The van der Waals surface area contributed by atoms with Gasteiger partial charge in [-0.15, -0.1) is 5.10 Å². The Labute approximate surface area is 104 Å². The summed E-state index contributed by atoms with van der Waals surface area (Å²) >= 11 is 0. The van der Waals surface area contributed by atoms with Gasteiger partial charge in [-0.2, -0.15) is 0 Å². The molecule has 17 heavy (non-hydrogen) atoms. The zero-order valence-corrected chi connectivity index (χ0v) is 11.5. The van der Waals surface area contributed by atoms with E-state index in [1.165, 1.54) is 0 Å². The summed E-state index contributed by atoms with van der Waals surface area (Å²) in [6, 6.07) is 1.13. The molecule has 1 aromatic heterocycles. The number of rotatable bonds is 7. The van der Waals surface area contributed by atoms with E-state index in [1.54, 1.807) is 0 Å². The van der Waals surface area contributed by atoms with E-state index < -0.39 is 0 Å². The van der Waals surface area contributed by atoms with Crippen molar-refractivity contribution in [1.29, 1.82) is 0 Å². The molecule has 5 heteroatoms. The lowest BCUT2D eigenvalue weighted by atomic mass is 10.2. The van der Waals surface area contributed by atoms with Crippen molar-refractivity contribution < 1.29 is 4.42 Å². The van der Waals surface area contributed by atoms with Crippen molar-refractivity contribution in [1.82, 2.24) is 15.5 Å². The first kappa shape index (κ1) is 14.0.